The molecule has 1 aromatic carbocycles. The minimum Gasteiger partial charge on any atom is -0.477 e. The summed E-state index contributed by atoms with van der Waals surface area (Å²) >= 11 is 5.67. The van der Waals surface area contributed by atoms with E-state index in [1.54, 1.807) is 24.3 Å². The van der Waals surface area contributed by atoms with E-state index in [2.05, 4.69) is 5.16 Å². The Hall–Kier alpha value is -1.55. The fourth-order valence-electron chi connectivity index (χ4n) is 0.775. The van der Waals surface area contributed by atoms with E-state index in [1.165, 1.54) is 0 Å². The van der Waals surface area contributed by atoms with Crippen LogP contribution in [0.25, 0.3) is 0 Å². The van der Waals surface area contributed by atoms with E-state index in [1.807, 2.05) is 0 Å². The third-order valence-electron chi connectivity index (χ3n) is 1.38. The lowest BCUT2D eigenvalue weighted by atomic mass is 10.2. The van der Waals surface area contributed by atoms with E-state index in [4.69, 9.17) is 21.5 Å². The summed E-state index contributed by atoms with van der Waals surface area (Å²) in [5.74, 6) is -1.14. The number of nitrogens with zero attached hydrogens (tertiary/aromatic N) is 1. The molecule has 1 rings (SSSR count). The van der Waals surface area contributed by atoms with Crippen molar-refractivity contribution in [3.05, 3.63) is 34.9 Å². The van der Waals surface area contributed by atoms with Crippen molar-refractivity contribution in [1.82, 2.24) is 0 Å². The van der Waals surface area contributed by atoms with Crippen molar-refractivity contribution >= 4 is 23.8 Å². The smallest absolute Gasteiger partial charge is 0.350 e. The van der Waals surface area contributed by atoms with Crippen molar-refractivity contribution < 1.29 is 14.7 Å². The molecular weight excluding hydrogens is 206 g/mol. The monoisotopic (exact) mass is 213 g/mol. The molecule has 74 valence electrons. The second kappa shape index (κ2) is 5.24. The van der Waals surface area contributed by atoms with Crippen LogP contribution in [0.1, 0.15) is 5.56 Å². The van der Waals surface area contributed by atoms with Crippen molar-refractivity contribution in [2.75, 3.05) is 0 Å². The van der Waals surface area contributed by atoms with Crippen LogP contribution in [0, 0.1) is 0 Å². The lowest BCUT2D eigenvalue weighted by Crippen LogP contribution is -1.96. The first-order chi connectivity index (χ1) is 6.68. The maximum Gasteiger partial charge on any atom is 0.350 e. The molecule has 0 atom stereocenters. The van der Waals surface area contributed by atoms with Crippen LogP contribution < -0.4 is 0 Å². The van der Waals surface area contributed by atoms with Crippen LogP contribution in [0.3, 0.4) is 0 Å². The molecule has 1 N–H and O–H groups in total. The number of oxime groups is 1. The molecule has 4 nitrogen and oxygen atoms in total. The van der Waals surface area contributed by atoms with E-state index >= 15 is 0 Å². The number of rotatable bonds is 4. The minimum atomic E-state index is -1.14. The molecule has 0 fully saturated rings. The number of hydrogen-bond acceptors (Lipinski definition) is 3. The van der Waals surface area contributed by atoms with E-state index in [0.717, 1.165) is 5.56 Å². The van der Waals surface area contributed by atoms with Crippen molar-refractivity contribution in [3.63, 3.8) is 0 Å². The SMILES string of the molecule is O=C(O)/C=N/OCc1ccc(Cl)cc1. The van der Waals surface area contributed by atoms with Gasteiger partial charge in [0.05, 0.1) is 0 Å². The number of carbonyl (C=O) groups is 1. The summed E-state index contributed by atoms with van der Waals surface area (Å²) in [5, 5.41) is 12.1. The molecule has 0 heterocycles. The molecule has 0 saturated heterocycles. The first-order valence-electron chi connectivity index (χ1n) is 3.81. The van der Waals surface area contributed by atoms with Gasteiger partial charge in [-0.1, -0.05) is 28.9 Å². The molecule has 0 amide bonds. The predicted octanol–water partition coefficient (Wildman–Crippen LogP) is 1.93. The molecule has 5 heteroatoms. The Balaban J connectivity index is 2.39. The summed E-state index contributed by atoms with van der Waals surface area (Å²) in [5.41, 5.74) is 0.872. The van der Waals surface area contributed by atoms with Gasteiger partial charge in [0.25, 0.3) is 0 Å². The van der Waals surface area contributed by atoms with Gasteiger partial charge in [0, 0.05) is 5.02 Å². The quantitative estimate of drug-likeness (QED) is 0.614. The Labute approximate surface area is 85.7 Å². The zero-order chi connectivity index (χ0) is 10.4. The standard InChI is InChI=1S/C9H8ClNO3/c10-8-3-1-7(2-4-8)6-14-11-5-9(12)13/h1-5H,6H2,(H,12,13)/b11-5+. The third-order valence-corrected chi connectivity index (χ3v) is 1.63. The Kier molecular flexibility index (Phi) is 3.94. The van der Waals surface area contributed by atoms with E-state index < -0.39 is 5.97 Å². The molecule has 0 saturated carbocycles. The highest BCUT2D eigenvalue weighted by Gasteiger charge is 1.93. The topological polar surface area (TPSA) is 58.9 Å². The zero-order valence-electron chi connectivity index (χ0n) is 7.18. The normalized spacial score (nSPS) is 10.4. The Bertz CT molecular complexity index is 334. The van der Waals surface area contributed by atoms with Gasteiger partial charge in [-0.2, -0.15) is 0 Å². The van der Waals surface area contributed by atoms with Gasteiger partial charge in [-0.05, 0) is 17.7 Å². The third kappa shape index (κ3) is 3.91. The highest BCUT2D eigenvalue weighted by atomic mass is 35.5. The van der Waals surface area contributed by atoms with Gasteiger partial charge in [0.15, 0.2) is 6.21 Å². The van der Waals surface area contributed by atoms with Gasteiger partial charge < -0.3 is 9.94 Å². The van der Waals surface area contributed by atoms with E-state index in [9.17, 15) is 4.79 Å². The largest absolute Gasteiger partial charge is 0.477 e. The molecule has 0 aliphatic heterocycles. The van der Waals surface area contributed by atoms with Crippen LogP contribution in [0.4, 0.5) is 0 Å². The van der Waals surface area contributed by atoms with Crippen LogP contribution in [0.5, 0.6) is 0 Å². The molecule has 0 spiro atoms. The van der Waals surface area contributed by atoms with Gasteiger partial charge in [0.1, 0.15) is 6.61 Å². The van der Waals surface area contributed by atoms with Crippen LogP contribution >= 0.6 is 11.6 Å². The Morgan fingerprint density at radius 1 is 1.50 bits per heavy atom. The maximum absolute atomic E-state index is 10.0. The van der Waals surface area contributed by atoms with Crippen LogP contribution in [0.15, 0.2) is 29.4 Å². The highest BCUT2D eigenvalue weighted by Crippen LogP contribution is 2.09. The molecule has 0 bridgehead atoms. The second-order valence-corrected chi connectivity index (χ2v) is 2.91. The first kappa shape index (κ1) is 10.5. The summed E-state index contributed by atoms with van der Waals surface area (Å²) in [6.07, 6.45) is 0.690. The number of aliphatic carboxylic acids is 1. The van der Waals surface area contributed by atoms with Crippen LogP contribution in [0.2, 0.25) is 5.02 Å². The zero-order valence-corrected chi connectivity index (χ0v) is 7.94. The van der Waals surface area contributed by atoms with E-state index in [0.29, 0.717) is 11.2 Å². The fourth-order valence-corrected chi connectivity index (χ4v) is 0.901. The lowest BCUT2D eigenvalue weighted by molar-refractivity contribution is -0.129. The number of benzene rings is 1. The van der Waals surface area contributed by atoms with E-state index in [-0.39, 0.29) is 6.61 Å². The van der Waals surface area contributed by atoms with Crippen molar-refractivity contribution in [1.29, 1.82) is 0 Å². The van der Waals surface area contributed by atoms with Crippen molar-refractivity contribution in [2.24, 2.45) is 5.16 Å². The molecule has 0 aliphatic rings. The number of carboxylic acid groups (broad SMARTS) is 1. The average Bonchev–Trinajstić information content (AvgIpc) is 2.15. The van der Waals surface area contributed by atoms with Crippen molar-refractivity contribution in [2.45, 2.75) is 6.61 Å². The van der Waals surface area contributed by atoms with Crippen LogP contribution in [-0.4, -0.2) is 17.3 Å². The molecule has 14 heavy (non-hydrogen) atoms. The molecule has 1 aromatic rings. The molecule has 0 radical (unpaired) electrons. The van der Waals surface area contributed by atoms with Gasteiger partial charge in [-0.3, -0.25) is 0 Å². The maximum atomic E-state index is 10.0. The Morgan fingerprint density at radius 2 is 2.14 bits per heavy atom. The van der Waals surface area contributed by atoms with Crippen molar-refractivity contribution in [3.8, 4) is 0 Å². The molecule has 0 aliphatic carbocycles. The summed E-state index contributed by atoms with van der Waals surface area (Å²) in [7, 11) is 0. The van der Waals surface area contributed by atoms with Gasteiger partial charge in [0.2, 0.25) is 0 Å². The molecule has 0 aromatic heterocycles. The number of hydrogen-bond donors (Lipinski definition) is 1. The predicted molar refractivity (Wildman–Crippen MR) is 52.4 cm³/mol. The van der Waals surface area contributed by atoms with Crippen LogP contribution in [-0.2, 0) is 16.2 Å². The first-order valence-corrected chi connectivity index (χ1v) is 4.19. The lowest BCUT2D eigenvalue weighted by Gasteiger charge is -1.98. The fraction of sp³-hybridized carbons (Fsp3) is 0.111. The van der Waals surface area contributed by atoms with Gasteiger partial charge >= 0.3 is 5.97 Å². The summed E-state index contributed by atoms with van der Waals surface area (Å²) < 4.78 is 0. The van der Waals surface area contributed by atoms with Gasteiger partial charge in [-0.15, -0.1) is 0 Å². The summed E-state index contributed by atoms with van der Waals surface area (Å²) in [6, 6.07) is 7.00. The molecular formula is C9H8ClNO3. The second-order valence-electron chi connectivity index (χ2n) is 2.47. The number of halogens is 1. The summed E-state index contributed by atoms with van der Waals surface area (Å²) in [4.78, 5) is 14.7. The van der Waals surface area contributed by atoms with Gasteiger partial charge in [-0.25, -0.2) is 4.79 Å². The number of carboxylic acids is 1. The molecule has 0 unspecified atom stereocenters. The Morgan fingerprint density at radius 3 is 2.71 bits per heavy atom. The average molecular weight is 214 g/mol. The summed E-state index contributed by atoms with van der Waals surface area (Å²) in [6.45, 7) is 0.223. The minimum absolute atomic E-state index is 0.223. The highest BCUT2D eigenvalue weighted by molar-refractivity contribution is 6.30.